The Morgan fingerprint density at radius 2 is 2.08 bits per heavy atom. The fourth-order valence-electron chi connectivity index (χ4n) is 3.85. The van der Waals surface area contributed by atoms with Gasteiger partial charge in [0.1, 0.15) is 0 Å². The molecule has 0 spiro atoms. The van der Waals surface area contributed by atoms with E-state index in [0.717, 1.165) is 23.9 Å². The lowest BCUT2D eigenvalue weighted by atomic mass is 9.84. The Morgan fingerprint density at radius 3 is 3.00 bits per heavy atom. The van der Waals surface area contributed by atoms with Gasteiger partial charge in [-0.3, -0.25) is 4.90 Å². The summed E-state index contributed by atoms with van der Waals surface area (Å²) in [5.41, 5.74) is 0. The van der Waals surface area contributed by atoms with E-state index >= 15 is 0 Å². The molecule has 0 aromatic carbocycles. The van der Waals surface area contributed by atoms with Crippen LogP contribution in [0.15, 0.2) is 0 Å². The van der Waals surface area contributed by atoms with Crippen molar-refractivity contribution in [2.45, 2.75) is 51.1 Å². The van der Waals surface area contributed by atoms with Crippen molar-refractivity contribution in [3.05, 3.63) is 0 Å². The van der Waals surface area contributed by atoms with Gasteiger partial charge in [-0.25, -0.2) is 0 Å². The van der Waals surface area contributed by atoms with Crippen LogP contribution in [0.3, 0.4) is 0 Å². The molecule has 2 bridgehead atoms. The number of hydrogen-bond donors (Lipinski definition) is 0. The van der Waals surface area contributed by atoms with Crippen LogP contribution >= 0.6 is 0 Å². The summed E-state index contributed by atoms with van der Waals surface area (Å²) in [7, 11) is 0. The molecule has 2 heterocycles. The summed E-state index contributed by atoms with van der Waals surface area (Å²) in [6.45, 7) is 3.83. The van der Waals surface area contributed by atoms with E-state index < -0.39 is 0 Å². The van der Waals surface area contributed by atoms with Crippen molar-refractivity contribution >= 4 is 0 Å². The molecule has 0 N–H and O–H groups in total. The molecule has 2 aliphatic heterocycles. The van der Waals surface area contributed by atoms with E-state index in [1.807, 2.05) is 0 Å². The van der Waals surface area contributed by atoms with Gasteiger partial charge in [0.15, 0.2) is 0 Å². The van der Waals surface area contributed by atoms with Gasteiger partial charge in [0.25, 0.3) is 0 Å². The van der Waals surface area contributed by atoms with Gasteiger partial charge in [-0.1, -0.05) is 13.3 Å². The van der Waals surface area contributed by atoms with E-state index in [4.69, 9.17) is 0 Å². The minimum absolute atomic E-state index is 0.985. The molecule has 1 nitrogen and oxygen atoms in total. The summed E-state index contributed by atoms with van der Waals surface area (Å²) in [6.07, 6.45) is 7.58. The molecule has 3 rings (SSSR count). The fourth-order valence-corrected chi connectivity index (χ4v) is 3.85. The largest absolute Gasteiger partial charge is 0.297 e. The predicted molar refractivity (Wildman–Crippen MR) is 50.0 cm³/mol. The molecule has 68 valence electrons. The zero-order valence-electron chi connectivity index (χ0n) is 8.00. The Hall–Kier alpha value is -0.0400. The van der Waals surface area contributed by atoms with E-state index in [9.17, 15) is 0 Å². The quantitative estimate of drug-likeness (QED) is 0.532. The van der Waals surface area contributed by atoms with Crippen LogP contribution < -0.4 is 0 Å². The molecule has 0 aromatic rings. The van der Waals surface area contributed by atoms with Crippen LogP contribution in [0, 0.1) is 11.8 Å². The Balaban J connectivity index is 1.85. The highest BCUT2D eigenvalue weighted by atomic mass is 15.2. The SMILES string of the molecule is CC1CC2C3CCCC(C3)N2C1. The van der Waals surface area contributed by atoms with Crippen LogP contribution in [0.25, 0.3) is 0 Å². The highest BCUT2D eigenvalue weighted by Crippen LogP contribution is 2.45. The van der Waals surface area contributed by atoms with Crippen molar-refractivity contribution in [1.82, 2.24) is 4.90 Å². The highest BCUT2D eigenvalue weighted by Gasteiger charge is 2.46. The fraction of sp³-hybridized carbons (Fsp3) is 1.00. The molecule has 4 atom stereocenters. The second-order valence-electron chi connectivity index (χ2n) is 5.19. The van der Waals surface area contributed by atoms with E-state index in [1.54, 1.807) is 0 Å². The van der Waals surface area contributed by atoms with E-state index in [0.29, 0.717) is 0 Å². The lowest BCUT2D eigenvalue weighted by Gasteiger charge is -2.23. The van der Waals surface area contributed by atoms with Crippen molar-refractivity contribution in [2.75, 3.05) is 6.54 Å². The molecule has 3 aliphatic rings. The van der Waals surface area contributed by atoms with Crippen LogP contribution in [-0.2, 0) is 0 Å². The maximum Gasteiger partial charge on any atom is 0.0130 e. The van der Waals surface area contributed by atoms with Crippen molar-refractivity contribution in [3.63, 3.8) is 0 Å². The van der Waals surface area contributed by atoms with Gasteiger partial charge >= 0.3 is 0 Å². The average molecular weight is 165 g/mol. The van der Waals surface area contributed by atoms with Crippen molar-refractivity contribution in [2.24, 2.45) is 11.8 Å². The molecule has 1 heteroatoms. The molecule has 0 radical (unpaired) electrons. The summed E-state index contributed by atoms with van der Waals surface area (Å²) >= 11 is 0. The van der Waals surface area contributed by atoms with Crippen LogP contribution in [0.2, 0.25) is 0 Å². The number of nitrogens with zero attached hydrogens (tertiary/aromatic N) is 1. The second-order valence-corrected chi connectivity index (χ2v) is 5.19. The lowest BCUT2D eigenvalue weighted by molar-refractivity contribution is 0.234. The normalized spacial score (nSPS) is 52.8. The second kappa shape index (κ2) is 2.47. The van der Waals surface area contributed by atoms with Gasteiger partial charge < -0.3 is 0 Å². The van der Waals surface area contributed by atoms with Crippen LogP contribution in [0.4, 0.5) is 0 Å². The first-order valence-electron chi connectivity index (χ1n) is 5.60. The summed E-state index contributed by atoms with van der Waals surface area (Å²) in [5.74, 6) is 2.08. The average Bonchev–Trinajstić information content (AvgIpc) is 2.55. The van der Waals surface area contributed by atoms with Gasteiger partial charge in [0.2, 0.25) is 0 Å². The summed E-state index contributed by atoms with van der Waals surface area (Å²) in [4.78, 5) is 2.84. The third-order valence-electron chi connectivity index (χ3n) is 4.29. The van der Waals surface area contributed by atoms with Gasteiger partial charge in [-0.15, -0.1) is 0 Å². The molecule has 12 heavy (non-hydrogen) atoms. The third kappa shape index (κ3) is 0.891. The Kier molecular flexibility index (Phi) is 1.52. The Labute approximate surface area is 75.1 Å². The number of fused-ring (bicyclic) bond motifs is 5. The first-order chi connectivity index (χ1) is 5.84. The van der Waals surface area contributed by atoms with Crippen LogP contribution in [0.1, 0.15) is 39.0 Å². The van der Waals surface area contributed by atoms with E-state index in [1.165, 1.54) is 38.6 Å². The van der Waals surface area contributed by atoms with Gasteiger partial charge in [-0.2, -0.15) is 0 Å². The van der Waals surface area contributed by atoms with Crippen molar-refractivity contribution in [3.8, 4) is 0 Å². The van der Waals surface area contributed by atoms with Crippen molar-refractivity contribution < 1.29 is 0 Å². The Morgan fingerprint density at radius 1 is 1.17 bits per heavy atom. The zero-order chi connectivity index (χ0) is 8.13. The minimum atomic E-state index is 0.985. The molecule has 2 saturated heterocycles. The van der Waals surface area contributed by atoms with E-state index in [-0.39, 0.29) is 0 Å². The standard InChI is InChI=1S/C11H19N/c1-8-5-11-9-3-2-4-10(6-9)12(11)7-8/h8-11H,2-7H2,1H3. The number of rotatable bonds is 0. The molecular formula is C11H19N. The molecule has 4 unspecified atom stereocenters. The van der Waals surface area contributed by atoms with Crippen LogP contribution in [0.5, 0.6) is 0 Å². The first-order valence-corrected chi connectivity index (χ1v) is 5.60. The molecule has 3 fully saturated rings. The van der Waals surface area contributed by atoms with Crippen LogP contribution in [-0.4, -0.2) is 23.5 Å². The predicted octanol–water partition coefficient (Wildman–Crippen LogP) is 2.27. The minimum Gasteiger partial charge on any atom is -0.297 e. The third-order valence-corrected chi connectivity index (χ3v) is 4.29. The van der Waals surface area contributed by atoms with Gasteiger partial charge in [-0.05, 0) is 37.5 Å². The molecule has 0 amide bonds. The first kappa shape index (κ1) is 7.37. The lowest BCUT2D eigenvalue weighted by Crippen LogP contribution is -2.31. The summed E-state index contributed by atoms with van der Waals surface area (Å²) < 4.78 is 0. The zero-order valence-corrected chi connectivity index (χ0v) is 8.00. The molecule has 0 aromatic heterocycles. The molecule has 1 aliphatic carbocycles. The smallest absolute Gasteiger partial charge is 0.0130 e. The van der Waals surface area contributed by atoms with Crippen molar-refractivity contribution in [1.29, 1.82) is 0 Å². The van der Waals surface area contributed by atoms with Gasteiger partial charge in [0, 0.05) is 18.6 Å². The van der Waals surface area contributed by atoms with Gasteiger partial charge in [0.05, 0.1) is 0 Å². The molecule has 1 saturated carbocycles. The Bertz CT molecular complexity index is 171. The summed E-state index contributed by atoms with van der Waals surface area (Å²) in [5, 5.41) is 0. The maximum atomic E-state index is 2.84. The monoisotopic (exact) mass is 165 g/mol. The molecular weight excluding hydrogens is 146 g/mol. The maximum absolute atomic E-state index is 2.84. The highest BCUT2D eigenvalue weighted by molar-refractivity contribution is 5.01. The topological polar surface area (TPSA) is 3.24 Å². The van der Waals surface area contributed by atoms with E-state index in [2.05, 4.69) is 11.8 Å². The number of hydrogen-bond acceptors (Lipinski definition) is 1. The summed E-state index contributed by atoms with van der Waals surface area (Å²) in [6, 6.07) is 2.01.